The second kappa shape index (κ2) is 1.98. The lowest BCUT2D eigenvalue weighted by Gasteiger charge is -2.30. The van der Waals surface area contributed by atoms with Crippen molar-refractivity contribution in [1.29, 1.82) is 0 Å². The number of rotatable bonds is 0. The average molecular weight is 125 g/mol. The normalized spacial score (nSPS) is 49.7. The fourth-order valence-corrected chi connectivity index (χ4v) is 2.45. The van der Waals surface area contributed by atoms with Crippen molar-refractivity contribution in [2.45, 2.75) is 19.3 Å². The lowest BCUT2D eigenvalue weighted by molar-refractivity contribution is -0.865. The third kappa shape index (κ3) is 0.983. The molecule has 1 N–H and O–H groups in total. The van der Waals surface area contributed by atoms with Crippen LogP contribution in [0.3, 0.4) is 0 Å². The third-order valence-electron chi connectivity index (χ3n) is 2.80. The molecule has 0 aromatic rings. The predicted octanol–water partition coefficient (Wildman–Crippen LogP) is 0.0928. The van der Waals surface area contributed by atoms with Gasteiger partial charge in [0.15, 0.2) is 0 Å². The van der Waals surface area contributed by atoms with Crippen molar-refractivity contribution in [3.05, 3.63) is 7.05 Å². The van der Waals surface area contributed by atoms with Gasteiger partial charge in [0.05, 0.1) is 13.1 Å². The standard InChI is InChI=1S/C8H15N/c1-9-5-7-2-3-8(4-7)6-9/h7-9H,1-6H2. The predicted molar refractivity (Wildman–Crippen MR) is 36.9 cm³/mol. The van der Waals surface area contributed by atoms with E-state index in [0.717, 1.165) is 11.8 Å². The van der Waals surface area contributed by atoms with Crippen LogP contribution < -0.4 is 4.90 Å². The van der Waals surface area contributed by atoms with Gasteiger partial charge in [-0.05, 0) is 19.3 Å². The highest BCUT2D eigenvalue weighted by atomic mass is 15.1. The minimum Gasteiger partial charge on any atom is -0.467 e. The Balaban J connectivity index is 2.03. The molecular formula is C8H15N. The average Bonchev–Trinajstić information content (AvgIpc) is 2.11. The van der Waals surface area contributed by atoms with Crippen LogP contribution in [0.2, 0.25) is 0 Å². The van der Waals surface area contributed by atoms with Gasteiger partial charge in [-0.3, -0.25) is 0 Å². The summed E-state index contributed by atoms with van der Waals surface area (Å²) in [4.78, 5) is 1.52. The molecule has 1 saturated carbocycles. The van der Waals surface area contributed by atoms with Crippen molar-refractivity contribution in [1.82, 2.24) is 0 Å². The molecule has 2 aliphatic rings. The number of likely N-dealkylation sites (tertiary alicyclic amines) is 1. The van der Waals surface area contributed by atoms with Crippen molar-refractivity contribution in [3.8, 4) is 0 Å². The summed E-state index contributed by atoms with van der Waals surface area (Å²) in [6.07, 6.45) is 4.49. The first-order valence-electron chi connectivity index (χ1n) is 4.01. The van der Waals surface area contributed by atoms with Crippen LogP contribution in [0.4, 0.5) is 0 Å². The minimum absolute atomic E-state index is 1.04. The van der Waals surface area contributed by atoms with E-state index in [9.17, 15) is 0 Å². The molecule has 0 aromatic heterocycles. The second-order valence-corrected chi connectivity index (χ2v) is 3.70. The SMILES string of the molecule is [CH2-][NH+]1CC2CCC(C2)C1. The van der Waals surface area contributed by atoms with Crippen LogP contribution >= 0.6 is 0 Å². The summed E-state index contributed by atoms with van der Waals surface area (Å²) in [6, 6.07) is 0. The molecule has 1 aliphatic carbocycles. The molecule has 0 spiro atoms. The summed E-state index contributed by atoms with van der Waals surface area (Å²) in [7, 11) is 4.06. The molecule has 0 radical (unpaired) electrons. The zero-order valence-corrected chi connectivity index (χ0v) is 5.90. The van der Waals surface area contributed by atoms with Gasteiger partial charge in [-0.15, -0.1) is 0 Å². The second-order valence-electron chi connectivity index (χ2n) is 3.70. The fourth-order valence-electron chi connectivity index (χ4n) is 2.45. The Bertz CT molecular complexity index is 99.1. The maximum Gasteiger partial charge on any atom is 0.0559 e. The summed E-state index contributed by atoms with van der Waals surface area (Å²) in [5, 5.41) is 0. The number of hydrogen-bond donors (Lipinski definition) is 1. The Morgan fingerprint density at radius 3 is 2.22 bits per heavy atom. The van der Waals surface area contributed by atoms with Gasteiger partial charge in [0, 0.05) is 11.8 Å². The van der Waals surface area contributed by atoms with Crippen LogP contribution in [0.15, 0.2) is 0 Å². The largest absolute Gasteiger partial charge is 0.467 e. The van der Waals surface area contributed by atoms with Gasteiger partial charge in [-0.2, -0.15) is 7.05 Å². The first-order valence-corrected chi connectivity index (χ1v) is 4.01. The molecule has 2 unspecified atom stereocenters. The molecule has 52 valence electrons. The van der Waals surface area contributed by atoms with Gasteiger partial charge in [0.2, 0.25) is 0 Å². The van der Waals surface area contributed by atoms with Gasteiger partial charge in [-0.1, -0.05) is 0 Å². The van der Waals surface area contributed by atoms with E-state index < -0.39 is 0 Å². The molecule has 0 amide bonds. The van der Waals surface area contributed by atoms with Crippen LogP contribution in [0.25, 0.3) is 0 Å². The Kier molecular flexibility index (Phi) is 1.26. The van der Waals surface area contributed by atoms with E-state index in [-0.39, 0.29) is 0 Å². The first kappa shape index (κ1) is 5.72. The number of piperidine rings is 1. The highest BCUT2D eigenvalue weighted by Crippen LogP contribution is 2.30. The Morgan fingerprint density at radius 1 is 1.11 bits per heavy atom. The molecule has 2 bridgehead atoms. The lowest BCUT2D eigenvalue weighted by atomic mass is 10.00. The summed E-state index contributed by atoms with van der Waals surface area (Å²) in [5.74, 6) is 2.08. The zero-order chi connectivity index (χ0) is 6.27. The fraction of sp³-hybridized carbons (Fsp3) is 0.875. The van der Waals surface area contributed by atoms with E-state index in [1.807, 2.05) is 0 Å². The topological polar surface area (TPSA) is 4.44 Å². The molecule has 0 aromatic carbocycles. The van der Waals surface area contributed by atoms with Crippen molar-refractivity contribution in [2.24, 2.45) is 11.8 Å². The quantitative estimate of drug-likeness (QED) is 0.438. The van der Waals surface area contributed by atoms with Gasteiger partial charge in [-0.25, -0.2) is 0 Å². The molecular weight excluding hydrogens is 110 g/mol. The molecule has 1 heterocycles. The van der Waals surface area contributed by atoms with Crippen LogP contribution in [-0.4, -0.2) is 13.1 Å². The number of fused-ring (bicyclic) bond motifs is 2. The van der Waals surface area contributed by atoms with E-state index in [1.165, 1.54) is 37.3 Å². The van der Waals surface area contributed by atoms with E-state index in [0.29, 0.717) is 0 Å². The van der Waals surface area contributed by atoms with Crippen molar-refractivity contribution in [3.63, 3.8) is 0 Å². The van der Waals surface area contributed by atoms with Crippen molar-refractivity contribution < 1.29 is 4.90 Å². The van der Waals surface area contributed by atoms with Gasteiger partial charge >= 0.3 is 0 Å². The van der Waals surface area contributed by atoms with Crippen LogP contribution in [0.5, 0.6) is 0 Å². The summed E-state index contributed by atoms with van der Waals surface area (Å²) < 4.78 is 0. The highest BCUT2D eigenvalue weighted by molar-refractivity contribution is 4.77. The monoisotopic (exact) mass is 125 g/mol. The minimum atomic E-state index is 1.04. The van der Waals surface area contributed by atoms with Crippen molar-refractivity contribution >= 4 is 0 Å². The molecule has 1 heteroatoms. The van der Waals surface area contributed by atoms with Crippen LogP contribution in [0, 0.1) is 18.9 Å². The molecule has 2 fully saturated rings. The highest BCUT2D eigenvalue weighted by Gasteiger charge is 2.31. The van der Waals surface area contributed by atoms with E-state index in [1.54, 1.807) is 0 Å². The summed E-state index contributed by atoms with van der Waals surface area (Å²) in [6.45, 7) is 2.69. The maximum absolute atomic E-state index is 4.06. The first-order chi connectivity index (χ1) is 4.34. The Labute approximate surface area is 57.0 Å². The number of quaternary nitrogens is 1. The third-order valence-corrected chi connectivity index (χ3v) is 2.80. The Morgan fingerprint density at radius 2 is 1.67 bits per heavy atom. The molecule has 2 atom stereocenters. The van der Waals surface area contributed by atoms with E-state index in [4.69, 9.17) is 0 Å². The van der Waals surface area contributed by atoms with Gasteiger partial charge in [0.25, 0.3) is 0 Å². The molecule has 1 saturated heterocycles. The molecule has 2 rings (SSSR count). The van der Waals surface area contributed by atoms with E-state index in [2.05, 4.69) is 7.05 Å². The molecule has 1 aliphatic heterocycles. The van der Waals surface area contributed by atoms with E-state index >= 15 is 0 Å². The molecule has 9 heavy (non-hydrogen) atoms. The summed E-state index contributed by atoms with van der Waals surface area (Å²) in [5.41, 5.74) is 0. The van der Waals surface area contributed by atoms with Crippen LogP contribution in [-0.2, 0) is 0 Å². The Hall–Kier alpha value is -0.0400. The van der Waals surface area contributed by atoms with Gasteiger partial charge < -0.3 is 4.90 Å². The smallest absolute Gasteiger partial charge is 0.0559 e. The number of hydrogen-bond acceptors (Lipinski definition) is 0. The van der Waals surface area contributed by atoms with Gasteiger partial charge in [0.1, 0.15) is 0 Å². The van der Waals surface area contributed by atoms with Crippen molar-refractivity contribution in [2.75, 3.05) is 13.1 Å². The number of nitrogens with one attached hydrogen (secondary N) is 1. The summed E-state index contributed by atoms with van der Waals surface area (Å²) >= 11 is 0. The lowest BCUT2D eigenvalue weighted by Crippen LogP contribution is -3.09. The zero-order valence-electron chi connectivity index (χ0n) is 5.90. The van der Waals surface area contributed by atoms with Crippen LogP contribution in [0.1, 0.15) is 19.3 Å². The maximum atomic E-state index is 4.06. The molecule has 1 nitrogen and oxygen atoms in total.